The minimum Gasteiger partial charge on any atom is -0.495 e. The number of ether oxygens (including phenoxy) is 1. The first-order valence-electron chi connectivity index (χ1n) is 6.63. The third-order valence-electron chi connectivity index (χ3n) is 3.79. The standard InChI is InChI=1S/C17H15ClO2/c1-20-16-8-7-12(9-15(16)18)17(19)14-10-13(14)11-5-3-2-4-6-11/h2-9,13-14H,10H2,1H3. The van der Waals surface area contributed by atoms with Crippen LogP contribution in [0.3, 0.4) is 0 Å². The van der Waals surface area contributed by atoms with E-state index in [1.807, 2.05) is 18.2 Å². The second-order valence-corrected chi connectivity index (χ2v) is 5.48. The molecule has 3 heteroatoms. The van der Waals surface area contributed by atoms with Gasteiger partial charge in [0.15, 0.2) is 5.78 Å². The quantitative estimate of drug-likeness (QED) is 0.782. The minimum atomic E-state index is 0.0851. The number of benzene rings is 2. The molecule has 2 unspecified atom stereocenters. The Kier molecular flexibility index (Phi) is 3.49. The summed E-state index contributed by atoms with van der Waals surface area (Å²) < 4.78 is 5.10. The van der Waals surface area contributed by atoms with Crippen molar-refractivity contribution < 1.29 is 9.53 Å². The number of methoxy groups -OCH3 is 1. The molecule has 0 bridgehead atoms. The monoisotopic (exact) mass is 286 g/mol. The summed E-state index contributed by atoms with van der Waals surface area (Å²) in [5, 5.41) is 0.482. The Labute approximate surface area is 123 Å². The number of hydrogen-bond donors (Lipinski definition) is 0. The highest BCUT2D eigenvalue weighted by atomic mass is 35.5. The van der Waals surface area contributed by atoms with E-state index < -0.39 is 0 Å². The zero-order chi connectivity index (χ0) is 14.1. The number of carbonyl (C=O) groups excluding carboxylic acids is 1. The van der Waals surface area contributed by atoms with Gasteiger partial charge in [-0.05, 0) is 36.1 Å². The van der Waals surface area contributed by atoms with Gasteiger partial charge in [0.2, 0.25) is 0 Å². The number of Topliss-reactive ketones (excluding diaryl/α,β-unsaturated/α-hetero) is 1. The van der Waals surface area contributed by atoms with E-state index in [0.717, 1.165) is 6.42 Å². The first kappa shape index (κ1) is 13.2. The normalized spacial score (nSPS) is 20.5. The summed E-state index contributed by atoms with van der Waals surface area (Å²) in [6.45, 7) is 0. The average molecular weight is 287 g/mol. The van der Waals surface area contributed by atoms with E-state index in [-0.39, 0.29) is 11.7 Å². The summed E-state index contributed by atoms with van der Waals surface area (Å²) in [4.78, 5) is 12.4. The van der Waals surface area contributed by atoms with Crippen LogP contribution >= 0.6 is 11.6 Å². The van der Waals surface area contributed by atoms with E-state index in [1.54, 1.807) is 25.3 Å². The minimum absolute atomic E-state index is 0.0851. The molecule has 102 valence electrons. The molecule has 0 amide bonds. The molecule has 1 fully saturated rings. The van der Waals surface area contributed by atoms with Crippen molar-refractivity contribution in [2.75, 3.05) is 7.11 Å². The lowest BCUT2D eigenvalue weighted by Gasteiger charge is -2.05. The molecule has 2 aromatic rings. The lowest BCUT2D eigenvalue weighted by molar-refractivity contribution is 0.0965. The highest BCUT2D eigenvalue weighted by Gasteiger charge is 2.43. The maximum atomic E-state index is 12.4. The van der Waals surface area contributed by atoms with Crippen LogP contribution in [0.2, 0.25) is 5.02 Å². The molecule has 0 saturated heterocycles. The molecule has 1 aliphatic rings. The third-order valence-corrected chi connectivity index (χ3v) is 4.09. The van der Waals surface area contributed by atoms with Crippen molar-refractivity contribution in [3.05, 3.63) is 64.7 Å². The fourth-order valence-electron chi connectivity index (χ4n) is 2.59. The summed E-state index contributed by atoms with van der Waals surface area (Å²) in [5.74, 6) is 1.20. The summed E-state index contributed by atoms with van der Waals surface area (Å²) in [7, 11) is 1.56. The third kappa shape index (κ3) is 2.44. The first-order valence-corrected chi connectivity index (χ1v) is 7.01. The molecule has 2 atom stereocenters. The molecule has 0 aromatic heterocycles. The fourth-order valence-corrected chi connectivity index (χ4v) is 2.84. The van der Waals surface area contributed by atoms with Crippen LogP contribution in [0.5, 0.6) is 5.75 Å². The van der Waals surface area contributed by atoms with Gasteiger partial charge in [-0.1, -0.05) is 41.9 Å². The summed E-state index contributed by atoms with van der Waals surface area (Å²) in [6, 6.07) is 15.4. The van der Waals surface area contributed by atoms with Gasteiger partial charge in [-0.2, -0.15) is 0 Å². The topological polar surface area (TPSA) is 26.3 Å². The van der Waals surface area contributed by atoms with Crippen molar-refractivity contribution in [2.24, 2.45) is 5.92 Å². The van der Waals surface area contributed by atoms with Gasteiger partial charge in [0.1, 0.15) is 5.75 Å². The van der Waals surface area contributed by atoms with E-state index in [2.05, 4.69) is 12.1 Å². The molecule has 20 heavy (non-hydrogen) atoms. The van der Waals surface area contributed by atoms with Crippen LogP contribution in [0.25, 0.3) is 0 Å². The maximum absolute atomic E-state index is 12.4. The molecule has 0 heterocycles. The molecular weight excluding hydrogens is 272 g/mol. The first-order chi connectivity index (χ1) is 9.70. The van der Waals surface area contributed by atoms with Gasteiger partial charge < -0.3 is 4.74 Å². The van der Waals surface area contributed by atoms with Crippen molar-refractivity contribution in [3.8, 4) is 5.75 Å². The van der Waals surface area contributed by atoms with Crippen molar-refractivity contribution in [1.82, 2.24) is 0 Å². The highest BCUT2D eigenvalue weighted by Crippen LogP contribution is 2.49. The van der Waals surface area contributed by atoms with Gasteiger partial charge in [0, 0.05) is 11.5 Å². The van der Waals surface area contributed by atoms with Crippen LogP contribution in [-0.4, -0.2) is 12.9 Å². The molecule has 0 aliphatic heterocycles. The van der Waals surface area contributed by atoms with E-state index in [9.17, 15) is 4.79 Å². The van der Waals surface area contributed by atoms with Gasteiger partial charge in [0.05, 0.1) is 12.1 Å². The summed E-state index contributed by atoms with van der Waals surface area (Å²) in [5.41, 5.74) is 1.91. The fraction of sp³-hybridized carbons (Fsp3) is 0.235. The number of carbonyl (C=O) groups is 1. The molecule has 0 spiro atoms. The van der Waals surface area contributed by atoms with Crippen LogP contribution in [-0.2, 0) is 0 Å². The van der Waals surface area contributed by atoms with E-state index in [4.69, 9.17) is 16.3 Å². The van der Waals surface area contributed by atoms with E-state index in [0.29, 0.717) is 22.3 Å². The summed E-state index contributed by atoms with van der Waals surface area (Å²) in [6.07, 6.45) is 0.923. The van der Waals surface area contributed by atoms with Crippen LogP contribution < -0.4 is 4.74 Å². The zero-order valence-corrected chi connectivity index (χ0v) is 11.9. The number of ketones is 1. The van der Waals surface area contributed by atoms with E-state index in [1.165, 1.54) is 5.56 Å². The molecule has 2 aromatic carbocycles. The molecule has 1 aliphatic carbocycles. The lowest BCUT2D eigenvalue weighted by Crippen LogP contribution is -2.03. The largest absolute Gasteiger partial charge is 0.495 e. The molecule has 3 rings (SSSR count). The molecular formula is C17H15ClO2. The Morgan fingerprint density at radius 1 is 1.20 bits per heavy atom. The van der Waals surface area contributed by atoms with Gasteiger partial charge in [-0.3, -0.25) is 4.79 Å². The SMILES string of the molecule is COc1ccc(C(=O)C2CC2c2ccccc2)cc1Cl. The van der Waals surface area contributed by atoms with Crippen molar-refractivity contribution in [2.45, 2.75) is 12.3 Å². The van der Waals surface area contributed by atoms with Crippen molar-refractivity contribution in [3.63, 3.8) is 0 Å². The Bertz CT molecular complexity index is 637. The number of hydrogen-bond acceptors (Lipinski definition) is 2. The van der Waals surface area contributed by atoms with Crippen LogP contribution in [0, 0.1) is 5.92 Å². The molecule has 0 N–H and O–H groups in total. The smallest absolute Gasteiger partial charge is 0.166 e. The highest BCUT2D eigenvalue weighted by molar-refractivity contribution is 6.32. The molecule has 0 radical (unpaired) electrons. The predicted molar refractivity (Wildman–Crippen MR) is 79.6 cm³/mol. The van der Waals surface area contributed by atoms with Crippen LogP contribution in [0.15, 0.2) is 48.5 Å². The van der Waals surface area contributed by atoms with Gasteiger partial charge in [-0.15, -0.1) is 0 Å². The van der Waals surface area contributed by atoms with Crippen molar-refractivity contribution >= 4 is 17.4 Å². The predicted octanol–water partition coefficient (Wildman–Crippen LogP) is 4.34. The number of halogens is 1. The molecule has 2 nitrogen and oxygen atoms in total. The zero-order valence-electron chi connectivity index (χ0n) is 11.2. The summed E-state index contributed by atoms with van der Waals surface area (Å²) >= 11 is 6.07. The molecule has 1 saturated carbocycles. The van der Waals surface area contributed by atoms with E-state index >= 15 is 0 Å². The van der Waals surface area contributed by atoms with Gasteiger partial charge >= 0.3 is 0 Å². The lowest BCUT2D eigenvalue weighted by atomic mass is 10.0. The Hall–Kier alpha value is -1.80. The van der Waals surface area contributed by atoms with Crippen molar-refractivity contribution in [1.29, 1.82) is 0 Å². The van der Waals surface area contributed by atoms with Gasteiger partial charge in [0.25, 0.3) is 0 Å². The van der Waals surface area contributed by atoms with Crippen LogP contribution in [0.4, 0.5) is 0 Å². The second-order valence-electron chi connectivity index (χ2n) is 5.07. The second kappa shape index (κ2) is 5.29. The Balaban J connectivity index is 1.77. The van der Waals surface area contributed by atoms with Crippen LogP contribution in [0.1, 0.15) is 28.3 Å². The Morgan fingerprint density at radius 3 is 2.60 bits per heavy atom. The average Bonchev–Trinajstić information content (AvgIpc) is 3.28. The maximum Gasteiger partial charge on any atom is 0.166 e. The van der Waals surface area contributed by atoms with Gasteiger partial charge in [-0.25, -0.2) is 0 Å². The Morgan fingerprint density at radius 2 is 1.95 bits per heavy atom. The number of rotatable bonds is 4.